The minimum atomic E-state index is -0.480. The van der Waals surface area contributed by atoms with Crippen LogP contribution < -0.4 is 11.1 Å². The maximum absolute atomic E-state index is 11.2. The molecule has 0 spiro atoms. The van der Waals surface area contributed by atoms with Gasteiger partial charge in [0.2, 0.25) is 5.91 Å². The lowest BCUT2D eigenvalue weighted by Crippen LogP contribution is -2.37. The highest BCUT2D eigenvalue weighted by atomic mass is 16.6. The van der Waals surface area contributed by atoms with Gasteiger partial charge in [-0.3, -0.25) is 9.59 Å². The van der Waals surface area contributed by atoms with Crippen molar-refractivity contribution >= 4 is 11.9 Å². The third-order valence-electron chi connectivity index (χ3n) is 1.52. The Hall–Kier alpha value is -1.10. The van der Waals surface area contributed by atoms with Crippen LogP contribution >= 0.6 is 0 Å². The van der Waals surface area contributed by atoms with E-state index in [9.17, 15) is 9.59 Å². The summed E-state index contributed by atoms with van der Waals surface area (Å²) in [6, 6.07) is -0.116. The molecule has 0 heterocycles. The molecule has 3 N–H and O–H groups in total. The van der Waals surface area contributed by atoms with Crippen molar-refractivity contribution in [3.8, 4) is 0 Å². The van der Waals surface area contributed by atoms with Gasteiger partial charge in [-0.1, -0.05) is 0 Å². The van der Waals surface area contributed by atoms with Crippen molar-refractivity contribution in [3.63, 3.8) is 0 Å². The molecule has 0 saturated heterocycles. The first-order valence-electron chi connectivity index (χ1n) is 4.94. The number of amides is 1. The molecule has 0 aliphatic heterocycles. The summed E-state index contributed by atoms with van der Waals surface area (Å²) in [7, 11) is 0. The molecule has 0 saturated carbocycles. The van der Waals surface area contributed by atoms with Gasteiger partial charge in [0.1, 0.15) is 5.60 Å². The van der Waals surface area contributed by atoms with Gasteiger partial charge in [-0.25, -0.2) is 0 Å². The van der Waals surface area contributed by atoms with Gasteiger partial charge in [0.15, 0.2) is 0 Å². The normalized spacial score (nSPS) is 13.3. The number of nitrogens with two attached hydrogens (primary N) is 1. The number of nitrogens with one attached hydrogen (secondary N) is 1. The molecule has 1 unspecified atom stereocenters. The van der Waals surface area contributed by atoms with Crippen LogP contribution in [0.1, 0.15) is 34.1 Å². The summed E-state index contributed by atoms with van der Waals surface area (Å²) in [5.41, 5.74) is 4.53. The fourth-order valence-corrected chi connectivity index (χ4v) is 1.01. The molecule has 0 aliphatic carbocycles. The van der Waals surface area contributed by atoms with Gasteiger partial charge in [-0.2, -0.15) is 0 Å². The molecule has 0 fully saturated rings. The monoisotopic (exact) mass is 216 g/mol. The van der Waals surface area contributed by atoms with Crippen LogP contribution in [0.2, 0.25) is 0 Å². The Bertz CT molecular complexity index is 233. The van der Waals surface area contributed by atoms with Crippen LogP contribution in [-0.4, -0.2) is 30.1 Å². The van der Waals surface area contributed by atoms with E-state index >= 15 is 0 Å². The number of ether oxygens (including phenoxy) is 1. The molecule has 0 bridgehead atoms. The Morgan fingerprint density at radius 3 is 2.33 bits per heavy atom. The Morgan fingerprint density at radius 1 is 1.40 bits per heavy atom. The van der Waals surface area contributed by atoms with Crippen molar-refractivity contribution in [1.82, 2.24) is 5.32 Å². The summed E-state index contributed by atoms with van der Waals surface area (Å²) in [6.45, 7) is 7.29. The molecule has 88 valence electrons. The maximum Gasteiger partial charge on any atom is 0.320 e. The molecule has 15 heavy (non-hydrogen) atoms. The first kappa shape index (κ1) is 13.9. The lowest BCUT2D eigenvalue weighted by atomic mass is 10.2. The van der Waals surface area contributed by atoms with E-state index in [1.807, 2.05) is 0 Å². The van der Waals surface area contributed by atoms with Gasteiger partial charge < -0.3 is 15.8 Å². The van der Waals surface area contributed by atoms with E-state index in [-0.39, 0.29) is 30.9 Å². The Morgan fingerprint density at radius 2 is 1.93 bits per heavy atom. The van der Waals surface area contributed by atoms with Gasteiger partial charge in [-0.15, -0.1) is 0 Å². The van der Waals surface area contributed by atoms with Crippen molar-refractivity contribution in [3.05, 3.63) is 0 Å². The van der Waals surface area contributed by atoms with Crippen LogP contribution in [0.3, 0.4) is 0 Å². The molecular formula is C10H20N2O3. The minimum absolute atomic E-state index is 0.0890. The second-order valence-corrected chi connectivity index (χ2v) is 4.54. The third kappa shape index (κ3) is 9.21. The number of primary amides is 1. The zero-order valence-electron chi connectivity index (χ0n) is 9.79. The summed E-state index contributed by atoms with van der Waals surface area (Å²) in [6.07, 6.45) is 0.211. The Balaban J connectivity index is 3.76. The summed E-state index contributed by atoms with van der Waals surface area (Å²) in [5, 5.41) is 2.86. The average Bonchev–Trinajstić information content (AvgIpc) is 1.96. The Kier molecular flexibility index (Phi) is 5.28. The second-order valence-electron chi connectivity index (χ2n) is 4.54. The predicted molar refractivity (Wildman–Crippen MR) is 57.1 cm³/mol. The summed E-state index contributed by atoms with van der Waals surface area (Å²) < 4.78 is 5.08. The molecule has 1 amide bonds. The predicted octanol–water partition coefficient (Wildman–Crippen LogP) is 0.182. The average molecular weight is 216 g/mol. The molecule has 1 atom stereocenters. The van der Waals surface area contributed by atoms with E-state index in [1.165, 1.54) is 0 Å². The fraction of sp³-hybridized carbons (Fsp3) is 0.800. The highest BCUT2D eigenvalue weighted by Gasteiger charge is 2.16. The number of carbonyl (C=O) groups excluding carboxylic acids is 2. The van der Waals surface area contributed by atoms with Gasteiger partial charge >= 0.3 is 5.97 Å². The third-order valence-corrected chi connectivity index (χ3v) is 1.52. The highest BCUT2D eigenvalue weighted by molar-refractivity contribution is 5.75. The van der Waals surface area contributed by atoms with Crippen LogP contribution in [0.4, 0.5) is 0 Å². The summed E-state index contributed by atoms with van der Waals surface area (Å²) in [5.74, 6) is -0.724. The van der Waals surface area contributed by atoms with Gasteiger partial charge in [0, 0.05) is 12.5 Å². The number of hydrogen-bond donors (Lipinski definition) is 2. The van der Waals surface area contributed by atoms with E-state index in [2.05, 4.69) is 5.32 Å². The maximum atomic E-state index is 11.2. The molecule has 0 aromatic carbocycles. The summed E-state index contributed by atoms with van der Waals surface area (Å²) in [4.78, 5) is 21.8. The molecular weight excluding hydrogens is 196 g/mol. The van der Waals surface area contributed by atoms with Crippen molar-refractivity contribution in [2.45, 2.75) is 45.8 Å². The molecule has 0 radical (unpaired) electrons. The molecule has 5 nitrogen and oxygen atoms in total. The summed E-state index contributed by atoms with van der Waals surface area (Å²) >= 11 is 0. The van der Waals surface area contributed by atoms with Gasteiger partial charge in [-0.05, 0) is 27.7 Å². The molecule has 5 heteroatoms. The quantitative estimate of drug-likeness (QED) is 0.642. The molecule has 0 aromatic rings. The largest absolute Gasteiger partial charge is 0.459 e. The highest BCUT2D eigenvalue weighted by Crippen LogP contribution is 2.06. The van der Waals surface area contributed by atoms with Crippen LogP contribution in [-0.2, 0) is 14.3 Å². The number of carbonyl (C=O) groups is 2. The lowest BCUT2D eigenvalue weighted by Gasteiger charge is -2.20. The topological polar surface area (TPSA) is 81.4 Å². The van der Waals surface area contributed by atoms with Crippen LogP contribution in [0, 0.1) is 0 Å². The standard InChI is InChI=1S/C10H20N2O3/c1-7(5-8(11)13)12-6-9(14)15-10(2,3)4/h7,12H,5-6H2,1-4H3,(H2,11,13). The number of esters is 1. The van der Waals surface area contributed by atoms with Gasteiger partial charge in [0.25, 0.3) is 0 Å². The van der Waals surface area contributed by atoms with Crippen LogP contribution in [0.5, 0.6) is 0 Å². The number of hydrogen-bond acceptors (Lipinski definition) is 4. The van der Waals surface area contributed by atoms with Gasteiger partial charge in [0.05, 0.1) is 6.54 Å². The molecule has 0 aliphatic rings. The Labute approximate surface area is 90.4 Å². The second kappa shape index (κ2) is 5.70. The van der Waals surface area contributed by atoms with E-state index in [0.29, 0.717) is 0 Å². The number of rotatable bonds is 5. The smallest absolute Gasteiger partial charge is 0.320 e. The fourth-order valence-electron chi connectivity index (χ4n) is 1.01. The van der Waals surface area contributed by atoms with Crippen molar-refractivity contribution < 1.29 is 14.3 Å². The first-order chi connectivity index (χ1) is 6.70. The zero-order valence-corrected chi connectivity index (χ0v) is 9.79. The first-order valence-corrected chi connectivity index (χ1v) is 4.94. The van der Waals surface area contributed by atoms with Crippen LogP contribution in [0.15, 0.2) is 0 Å². The minimum Gasteiger partial charge on any atom is -0.459 e. The van der Waals surface area contributed by atoms with Crippen molar-refractivity contribution in [1.29, 1.82) is 0 Å². The van der Waals surface area contributed by atoms with Crippen molar-refractivity contribution in [2.75, 3.05) is 6.54 Å². The molecule has 0 aromatic heterocycles. The van der Waals surface area contributed by atoms with E-state index in [0.717, 1.165) is 0 Å². The van der Waals surface area contributed by atoms with Crippen molar-refractivity contribution in [2.24, 2.45) is 5.73 Å². The van der Waals surface area contributed by atoms with E-state index in [1.54, 1.807) is 27.7 Å². The zero-order chi connectivity index (χ0) is 12.1. The lowest BCUT2D eigenvalue weighted by molar-refractivity contribution is -0.153. The van der Waals surface area contributed by atoms with E-state index in [4.69, 9.17) is 10.5 Å². The van der Waals surface area contributed by atoms with E-state index < -0.39 is 5.60 Å². The SMILES string of the molecule is CC(CC(N)=O)NCC(=O)OC(C)(C)C. The van der Waals surface area contributed by atoms with Crippen LogP contribution in [0.25, 0.3) is 0 Å². The molecule has 0 rings (SSSR count).